The Morgan fingerprint density at radius 3 is 2.52 bits per heavy atom. The first kappa shape index (κ1) is 15.4. The second kappa shape index (κ2) is 6.61. The molecule has 5 heteroatoms. The number of hydrogen-bond donors (Lipinski definition) is 3. The van der Waals surface area contributed by atoms with Gasteiger partial charge in [0.2, 0.25) is 0 Å². The minimum absolute atomic E-state index is 0.115. The maximum atomic E-state index is 12.1. The molecule has 0 saturated heterocycles. The molecule has 1 aliphatic rings. The maximum absolute atomic E-state index is 12.1. The summed E-state index contributed by atoms with van der Waals surface area (Å²) in [6.07, 6.45) is 3.02. The molecule has 1 aromatic rings. The Morgan fingerprint density at radius 2 is 1.90 bits per heavy atom. The summed E-state index contributed by atoms with van der Waals surface area (Å²) in [7, 11) is 0. The van der Waals surface area contributed by atoms with Gasteiger partial charge in [0.05, 0.1) is 5.92 Å². The van der Waals surface area contributed by atoms with E-state index in [0.29, 0.717) is 36.4 Å². The lowest BCUT2D eigenvalue weighted by Crippen LogP contribution is -2.32. The third-order valence-electron chi connectivity index (χ3n) is 4.30. The quantitative estimate of drug-likeness (QED) is 0.794. The molecular weight excluding hydrogens is 270 g/mol. The van der Waals surface area contributed by atoms with Crippen molar-refractivity contribution in [3.8, 4) is 5.75 Å². The number of carbonyl (C=O) groups excluding carboxylic acids is 1. The summed E-state index contributed by atoms with van der Waals surface area (Å²) in [4.78, 5) is 23.0. The fourth-order valence-electron chi connectivity index (χ4n) is 2.82. The number of carbonyl (C=O) groups is 2. The van der Waals surface area contributed by atoms with E-state index in [4.69, 9.17) is 5.11 Å². The summed E-state index contributed by atoms with van der Waals surface area (Å²) in [5.41, 5.74) is 1.05. The average Bonchev–Trinajstić information content (AvgIpc) is 2.48. The van der Waals surface area contributed by atoms with Gasteiger partial charge in [0.1, 0.15) is 5.75 Å². The number of rotatable bonds is 4. The number of carboxylic acids is 1. The third kappa shape index (κ3) is 3.74. The molecule has 1 saturated carbocycles. The van der Waals surface area contributed by atoms with Crippen LogP contribution in [-0.2, 0) is 4.79 Å². The smallest absolute Gasteiger partial charge is 0.306 e. The van der Waals surface area contributed by atoms with Gasteiger partial charge in [-0.25, -0.2) is 0 Å². The van der Waals surface area contributed by atoms with Gasteiger partial charge in [-0.2, -0.15) is 0 Å². The maximum Gasteiger partial charge on any atom is 0.306 e. The summed E-state index contributed by atoms with van der Waals surface area (Å²) < 4.78 is 0. The van der Waals surface area contributed by atoms with Crippen LogP contribution in [0.2, 0.25) is 0 Å². The van der Waals surface area contributed by atoms with Crippen molar-refractivity contribution in [3.63, 3.8) is 0 Å². The molecule has 114 valence electrons. The number of hydrogen-bond acceptors (Lipinski definition) is 3. The van der Waals surface area contributed by atoms with Crippen molar-refractivity contribution in [2.45, 2.75) is 32.6 Å². The second-order valence-electron chi connectivity index (χ2n) is 5.72. The zero-order valence-electron chi connectivity index (χ0n) is 12.1. The Hall–Kier alpha value is -2.04. The summed E-state index contributed by atoms with van der Waals surface area (Å²) >= 11 is 0. The average molecular weight is 291 g/mol. The molecule has 5 nitrogen and oxygen atoms in total. The van der Waals surface area contributed by atoms with E-state index in [1.165, 1.54) is 0 Å². The molecule has 1 aliphatic carbocycles. The minimum Gasteiger partial charge on any atom is -0.508 e. The van der Waals surface area contributed by atoms with E-state index in [0.717, 1.165) is 12.8 Å². The normalized spacial score (nSPS) is 21.8. The summed E-state index contributed by atoms with van der Waals surface area (Å²) in [5.74, 6) is -0.686. The molecular formula is C16H21NO4. The second-order valence-corrected chi connectivity index (χ2v) is 5.72. The topological polar surface area (TPSA) is 86.6 Å². The first-order chi connectivity index (χ1) is 9.99. The number of aliphatic carboxylic acids is 1. The Labute approximate surface area is 124 Å². The van der Waals surface area contributed by atoms with Gasteiger partial charge in [-0.05, 0) is 50.7 Å². The van der Waals surface area contributed by atoms with Crippen LogP contribution in [0.1, 0.15) is 41.6 Å². The van der Waals surface area contributed by atoms with Crippen LogP contribution in [0.3, 0.4) is 0 Å². The van der Waals surface area contributed by atoms with Crippen molar-refractivity contribution < 1.29 is 19.8 Å². The number of phenolic OH excluding ortho intramolecular Hbond substituents is 1. The van der Waals surface area contributed by atoms with Crippen LogP contribution in [0, 0.1) is 18.8 Å². The summed E-state index contributed by atoms with van der Waals surface area (Å²) in [6.45, 7) is 2.27. The first-order valence-electron chi connectivity index (χ1n) is 7.28. The molecule has 2 rings (SSSR count). The van der Waals surface area contributed by atoms with Gasteiger partial charge in [0, 0.05) is 17.7 Å². The fraction of sp³-hybridized carbons (Fsp3) is 0.500. The van der Waals surface area contributed by atoms with E-state index in [1.54, 1.807) is 25.1 Å². The molecule has 0 spiro atoms. The van der Waals surface area contributed by atoms with Gasteiger partial charge in [-0.1, -0.05) is 6.07 Å². The highest BCUT2D eigenvalue weighted by Gasteiger charge is 2.26. The predicted molar refractivity (Wildman–Crippen MR) is 78.3 cm³/mol. The van der Waals surface area contributed by atoms with Crippen LogP contribution < -0.4 is 5.32 Å². The van der Waals surface area contributed by atoms with Crippen LogP contribution in [-0.4, -0.2) is 28.6 Å². The SMILES string of the molecule is Cc1c(O)cccc1C(=O)NCC1CCC(C(=O)O)CC1. The number of benzene rings is 1. The Bertz CT molecular complexity index is 533. The number of nitrogens with one attached hydrogen (secondary N) is 1. The molecule has 0 unspecified atom stereocenters. The van der Waals surface area contributed by atoms with Gasteiger partial charge in [-0.3, -0.25) is 9.59 Å². The van der Waals surface area contributed by atoms with Crippen molar-refractivity contribution in [2.24, 2.45) is 11.8 Å². The standard InChI is InChI=1S/C16H21NO4/c1-10-13(3-2-4-14(10)18)15(19)17-9-11-5-7-12(8-6-11)16(20)21/h2-4,11-12,18H,5-9H2,1H3,(H,17,19)(H,20,21). The Morgan fingerprint density at radius 1 is 1.24 bits per heavy atom. The van der Waals surface area contributed by atoms with E-state index >= 15 is 0 Å². The lowest BCUT2D eigenvalue weighted by Gasteiger charge is -2.26. The minimum atomic E-state index is -0.715. The lowest BCUT2D eigenvalue weighted by molar-refractivity contribution is -0.143. The Kier molecular flexibility index (Phi) is 4.83. The number of amides is 1. The highest BCUT2D eigenvalue weighted by atomic mass is 16.4. The molecule has 0 aliphatic heterocycles. The number of carboxylic acid groups (broad SMARTS) is 1. The van der Waals surface area contributed by atoms with Crippen LogP contribution in [0.4, 0.5) is 0 Å². The molecule has 0 bridgehead atoms. The van der Waals surface area contributed by atoms with Crippen molar-refractivity contribution >= 4 is 11.9 Å². The van der Waals surface area contributed by atoms with Gasteiger partial charge < -0.3 is 15.5 Å². The van der Waals surface area contributed by atoms with Crippen LogP contribution in [0.15, 0.2) is 18.2 Å². The highest BCUT2D eigenvalue weighted by Crippen LogP contribution is 2.28. The molecule has 1 aromatic carbocycles. The van der Waals surface area contributed by atoms with Crippen LogP contribution >= 0.6 is 0 Å². The Balaban J connectivity index is 1.85. The zero-order chi connectivity index (χ0) is 15.4. The van der Waals surface area contributed by atoms with Crippen molar-refractivity contribution in [2.75, 3.05) is 6.54 Å². The molecule has 0 atom stereocenters. The molecule has 0 aromatic heterocycles. The number of aromatic hydroxyl groups is 1. The van der Waals surface area contributed by atoms with E-state index < -0.39 is 5.97 Å². The third-order valence-corrected chi connectivity index (χ3v) is 4.30. The first-order valence-corrected chi connectivity index (χ1v) is 7.28. The molecule has 0 radical (unpaired) electrons. The lowest BCUT2D eigenvalue weighted by atomic mass is 9.82. The largest absolute Gasteiger partial charge is 0.508 e. The van der Waals surface area contributed by atoms with Gasteiger partial charge in [0.25, 0.3) is 5.91 Å². The van der Waals surface area contributed by atoms with Crippen LogP contribution in [0.25, 0.3) is 0 Å². The number of phenols is 1. The molecule has 0 heterocycles. The van der Waals surface area contributed by atoms with E-state index in [9.17, 15) is 14.7 Å². The van der Waals surface area contributed by atoms with Crippen molar-refractivity contribution in [1.29, 1.82) is 0 Å². The van der Waals surface area contributed by atoms with Gasteiger partial charge in [-0.15, -0.1) is 0 Å². The van der Waals surface area contributed by atoms with E-state index in [1.807, 2.05) is 0 Å². The van der Waals surface area contributed by atoms with Crippen molar-refractivity contribution in [3.05, 3.63) is 29.3 Å². The predicted octanol–water partition coefficient (Wildman–Crippen LogP) is 2.32. The van der Waals surface area contributed by atoms with Gasteiger partial charge in [0.15, 0.2) is 0 Å². The van der Waals surface area contributed by atoms with Crippen LogP contribution in [0.5, 0.6) is 5.75 Å². The molecule has 21 heavy (non-hydrogen) atoms. The molecule has 1 fully saturated rings. The highest BCUT2D eigenvalue weighted by molar-refractivity contribution is 5.96. The van der Waals surface area contributed by atoms with E-state index in [2.05, 4.69) is 5.32 Å². The van der Waals surface area contributed by atoms with Crippen molar-refractivity contribution in [1.82, 2.24) is 5.32 Å². The molecule has 3 N–H and O–H groups in total. The zero-order valence-corrected chi connectivity index (χ0v) is 12.1. The summed E-state index contributed by atoms with van der Waals surface area (Å²) in [6, 6.07) is 4.89. The van der Waals surface area contributed by atoms with E-state index in [-0.39, 0.29) is 17.6 Å². The van der Waals surface area contributed by atoms with Gasteiger partial charge >= 0.3 is 5.97 Å². The monoisotopic (exact) mass is 291 g/mol. The summed E-state index contributed by atoms with van der Waals surface area (Å²) in [5, 5.41) is 21.4. The fourth-order valence-corrected chi connectivity index (χ4v) is 2.82. The molecule has 1 amide bonds.